The van der Waals surface area contributed by atoms with Gasteiger partial charge in [-0.3, -0.25) is 14.9 Å². The van der Waals surface area contributed by atoms with Gasteiger partial charge in [0.25, 0.3) is 11.6 Å². The maximum absolute atomic E-state index is 12.4. The van der Waals surface area contributed by atoms with E-state index < -0.39 is 22.9 Å². The number of hydrogen-bond donors (Lipinski definition) is 1. The zero-order valence-electron chi connectivity index (χ0n) is 16.7. The van der Waals surface area contributed by atoms with Crippen LogP contribution in [0.1, 0.15) is 28.6 Å². The van der Waals surface area contributed by atoms with Crippen molar-refractivity contribution in [1.82, 2.24) is 0 Å². The summed E-state index contributed by atoms with van der Waals surface area (Å²) in [5, 5.41) is 13.5. The lowest BCUT2D eigenvalue weighted by Gasteiger charge is -2.14. The van der Waals surface area contributed by atoms with Crippen LogP contribution in [0.3, 0.4) is 0 Å². The van der Waals surface area contributed by atoms with Gasteiger partial charge < -0.3 is 14.5 Å². The fourth-order valence-electron chi connectivity index (χ4n) is 2.73. The summed E-state index contributed by atoms with van der Waals surface area (Å²) in [6, 6.07) is 14.4. The van der Waals surface area contributed by atoms with E-state index in [4.69, 9.17) is 9.15 Å². The first kappa shape index (κ1) is 20.8. The molecule has 1 heterocycles. The molecule has 2 aromatic carbocycles. The molecule has 0 aliphatic heterocycles. The highest BCUT2D eigenvalue weighted by atomic mass is 16.6. The van der Waals surface area contributed by atoms with Crippen LogP contribution in [0, 0.1) is 24.0 Å². The summed E-state index contributed by atoms with van der Waals surface area (Å²) in [7, 11) is 0. The van der Waals surface area contributed by atoms with E-state index in [0.29, 0.717) is 17.0 Å². The Hall–Kier alpha value is -3.94. The summed E-state index contributed by atoms with van der Waals surface area (Å²) >= 11 is 0. The molecule has 3 rings (SSSR count). The molecule has 0 aliphatic rings. The number of nitro benzene ring substituents is 1. The number of esters is 1. The maximum Gasteiger partial charge on any atom is 0.375 e. The average molecular weight is 408 g/mol. The van der Waals surface area contributed by atoms with Crippen molar-refractivity contribution in [2.45, 2.75) is 26.9 Å². The minimum absolute atomic E-state index is 0.0476. The first-order chi connectivity index (χ1) is 14.2. The van der Waals surface area contributed by atoms with E-state index in [2.05, 4.69) is 5.32 Å². The predicted octanol–water partition coefficient (Wildman–Crippen LogP) is 4.66. The third kappa shape index (κ3) is 4.72. The predicted molar refractivity (Wildman–Crippen MR) is 110 cm³/mol. The molecule has 0 spiro atoms. The van der Waals surface area contributed by atoms with Gasteiger partial charge in [-0.15, -0.1) is 0 Å². The van der Waals surface area contributed by atoms with E-state index in [0.717, 1.165) is 11.1 Å². The van der Waals surface area contributed by atoms with Crippen LogP contribution in [0.2, 0.25) is 0 Å². The van der Waals surface area contributed by atoms with Gasteiger partial charge in [0.15, 0.2) is 6.10 Å². The van der Waals surface area contributed by atoms with E-state index >= 15 is 0 Å². The van der Waals surface area contributed by atoms with Crippen molar-refractivity contribution in [2.75, 3.05) is 5.32 Å². The second-order valence-electron chi connectivity index (χ2n) is 6.82. The normalized spacial score (nSPS) is 11.6. The number of nitrogens with one attached hydrogen (secondary N) is 1. The summed E-state index contributed by atoms with van der Waals surface area (Å²) in [6.07, 6.45) is -1.04. The van der Waals surface area contributed by atoms with Crippen LogP contribution in [0.15, 0.2) is 59.0 Å². The van der Waals surface area contributed by atoms with E-state index in [-0.39, 0.29) is 11.4 Å². The van der Waals surface area contributed by atoms with Crippen LogP contribution in [-0.2, 0) is 9.53 Å². The van der Waals surface area contributed by atoms with Gasteiger partial charge in [0.1, 0.15) is 5.76 Å². The van der Waals surface area contributed by atoms with Crippen molar-refractivity contribution in [1.29, 1.82) is 0 Å². The summed E-state index contributed by atoms with van der Waals surface area (Å²) in [4.78, 5) is 35.0. The Morgan fingerprint density at radius 1 is 1.07 bits per heavy atom. The Kier molecular flexibility index (Phi) is 5.96. The Morgan fingerprint density at radius 3 is 2.43 bits per heavy atom. The number of nitro groups is 1. The lowest BCUT2D eigenvalue weighted by atomic mass is 10.1. The molecule has 1 atom stereocenters. The molecule has 154 valence electrons. The minimum Gasteiger partial charge on any atom is -0.449 e. The lowest BCUT2D eigenvalue weighted by Crippen LogP contribution is -2.30. The minimum atomic E-state index is -1.04. The van der Waals surface area contributed by atoms with Crippen molar-refractivity contribution in [3.63, 3.8) is 0 Å². The number of anilines is 1. The van der Waals surface area contributed by atoms with Gasteiger partial charge in [-0.1, -0.05) is 12.1 Å². The summed E-state index contributed by atoms with van der Waals surface area (Å²) in [5.41, 5.74) is 3.07. The zero-order valence-corrected chi connectivity index (χ0v) is 16.7. The Morgan fingerprint density at radius 2 is 1.77 bits per heavy atom. The summed E-state index contributed by atoms with van der Waals surface area (Å²) in [5.74, 6) is -0.968. The van der Waals surface area contributed by atoms with Crippen LogP contribution in [0.5, 0.6) is 0 Å². The number of rotatable bonds is 6. The van der Waals surface area contributed by atoms with Gasteiger partial charge in [0.2, 0.25) is 5.76 Å². The third-order valence-corrected chi connectivity index (χ3v) is 4.47. The van der Waals surface area contributed by atoms with Gasteiger partial charge in [0, 0.05) is 23.4 Å². The molecular formula is C22H20N2O6. The number of furan rings is 1. The third-order valence-electron chi connectivity index (χ3n) is 4.47. The summed E-state index contributed by atoms with van der Waals surface area (Å²) < 4.78 is 10.7. The molecular weight excluding hydrogens is 388 g/mol. The number of ether oxygens (including phenoxy) is 1. The number of nitrogens with zero attached hydrogens (tertiary/aromatic N) is 1. The molecule has 8 heteroatoms. The average Bonchev–Trinajstić information content (AvgIpc) is 3.21. The highest BCUT2D eigenvalue weighted by Gasteiger charge is 2.22. The van der Waals surface area contributed by atoms with Crippen LogP contribution in [-0.4, -0.2) is 22.9 Å². The second-order valence-corrected chi connectivity index (χ2v) is 6.82. The maximum atomic E-state index is 12.4. The van der Waals surface area contributed by atoms with Crippen molar-refractivity contribution in [2.24, 2.45) is 0 Å². The van der Waals surface area contributed by atoms with E-state index in [9.17, 15) is 19.7 Å². The number of amides is 1. The Balaban J connectivity index is 1.65. The van der Waals surface area contributed by atoms with Crippen LogP contribution < -0.4 is 5.32 Å². The van der Waals surface area contributed by atoms with E-state index in [1.807, 2.05) is 32.0 Å². The zero-order chi connectivity index (χ0) is 21.8. The fourth-order valence-corrected chi connectivity index (χ4v) is 2.73. The fraction of sp³-hybridized carbons (Fsp3) is 0.182. The van der Waals surface area contributed by atoms with Crippen LogP contribution in [0.4, 0.5) is 11.4 Å². The molecule has 0 radical (unpaired) electrons. The van der Waals surface area contributed by atoms with Crippen molar-refractivity contribution in [3.05, 3.63) is 81.6 Å². The smallest absolute Gasteiger partial charge is 0.375 e. The van der Waals surface area contributed by atoms with Gasteiger partial charge in [-0.05, 0) is 62.2 Å². The first-order valence-corrected chi connectivity index (χ1v) is 9.18. The van der Waals surface area contributed by atoms with Gasteiger partial charge in [-0.2, -0.15) is 0 Å². The number of aryl methyl sites for hydroxylation is 2. The highest BCUT2D eigenvalue weighted by molar-refractivity contribution is 5.97. The first-order valence-electron chi connectivity index (χ1n) is 9.18. The number of carbonyl (C=O) groups excluding carboxylic acids is 2. The topological polar surface area (TPSA) is 112 Å². The Labute approximate surface area is 172 Å². The van der Waals surface area contributed by atoms with Crippen molar-refractivity contribution < 1.29 is 23.7 Å². The molecule has 0 aliphatic carbocycles. The molecule has 0 bridgehead atoms. The molecule has 3 aromatic rings. The molecule has 1 N–H and O–H groups in total. The second kappa shape index (κ2) is 8.60. The molecule has 0 unspecified atom stereocenters. The van der Waals surface area contributed by atoms with Crippen molar-refractivity contribution in [3.8, 4) is 11.3 Å². The monoisotopic (exact) mass is 408 g/mol. The SMILES string of the molecule is Cc1ccc(C)c(NC(=O)[C@H](C)OC(=O)c2ccc(-c3ccc([N+](=O)[O-])cc3)o2)c1. The number of carbonyl (C=O) groups is 2. The standard InChI is InChI=1S/C22H20N2O6/c1-13-4-5-14(2)18(12-13)23-21(25)15(3)29-22(26)20-11-10-19(30-20)16-6-8-17(9-7-16)24(27)28/h4-12,15H,1-3H3,(H,23,25)/t15-/m0/s1. The molecule has 8 nitrogen and oxygen atoms in total. The van der Waals surface area contributed by atoms with E-state index in [1.54, 1.807) is 6.07 Å². The Bertz CT molecular complexity index is 1100. The van der Waals surface area contributed by atoms with Crippen LogP contribution in [0.25, 0.3) is 11.3 Å². The van der Waals surface area contributed by atoms with E-state index in [1.165, 1.54) is 37.3 Å². The molecule has 0 saturated carbocycles. The lowest BCUT2D eigenvalue weighted by molar-refractivity contribution is -0.384. The molecule has 0 fully saturated rings. The number of non-ortho nitro benzene ring substituents is 1. The van der Waals surface area contributed by atoms with Gasteiger partial charge in [-0.25, -0.2) is 4.79 Å². The largest absolute Gasteiger partial charge is 0.449 e. The quantitative estimate of drug-likeness (QED) is 0.361. The van der Waals surface area contributed by atoms with Gasteiger partial charge >= 0.3 is 5.97 Å². The van der Waals surface area contributed by atoms with Crippen LogP contribution >= 0.6 is 0 Å². The molecule has 1 amide bonds. The molecule has 1 aromatic heterocycles. The number of hydrogen-bond acceptors (Lipinski definition) is 6. The summed E-state index contributed by atoms with van der Waals surface area (Å²) in [6.45, 7) is 5.25. The van der Waals surface area contributed by atoms with Gasteiger partial charge in [0.05, 0.1) is 4.92 Å². The molecule has 0 saturated heterocycles. The number of benzene rings is 2. The highest BCUT2D eigenvalue weighted by Crippen LogP contribution is 2.25. The molecule has 30 heavy (non-hydrogen) atoms. The van der Waals surface area contributed by atoms with Crippen molar-refractivity contribution >= 4 is 23.3 Å².